The van der Waals surface area contributed by atoms with E-state index in [1.165, 1.54) is 0 Å². The van der Waals surface area contributed by atoms with Crippen LogP contribution in [0.5, 0.6) is 0 Å². The number of nitrogens with two attached hydrogens (primary N) is 1. The van der Waals surface area contributed by atoms with Gasteiger partial charge in [0.2, 0.25) is 0 Å². The molecule has 0 heterocycles. The highest BCUT2D eigenvalue weighted by molar-refractivity contribution is 5.95. The molecule has 17 heavy (non-hydrogen) atoms. The topological polar surface area (TPSA) is 111 Å². The molecule has 0 aliphatic rings. The van der Waals surface area contributed by atoms with E-state index in [1.54, 1.807) is 35.8 Å². The lowest BCUT2D eigenvalue weighted by Crippen LogP contribution is -2.37. The molecule has 0 unspecified atom stereocenters. The molecule has 0 aliphatic heterocycles. The number of urea groups is 1. The van der Waals surface area contributed by atoms with Gasteiger partial charge in [-0.3, -0.25) is 4.79 Å². The quantitative estimate of drug-likeness (QED) is 0.618. The summed E-state index contributed by atoms with van der Waals surface area (Å²) in [5.41, 5.74) is 6.74. The van der Waals surface area contributed by atoms with Crippen LogP contribution in [0.2, 0.25) is 0 Å². The van der Waals surface area contributed by atoms with Crippen molar-refractivity contribution in [3.05, 3.63) is 35.9 Å². The molecule has 3 amide bonds. The Labute approximate surface area is 96.9 Å². The zero-order valence-electron chi connectivity index (χ0n) is 8.80. The molecule has 0 spiro atoms. The number of amides is 3. The highest BCUT2D eigenvalue weighted by atomic mass is 16.7. The molecule has 0 saturated carbocycles. The molecule has 0 aliphatic carbocycles. The number of hydrogen-bond acceptors (Lipinski definition) is 4. The van der Waals surface area contributed by atoms with Gasteiger partial charge in [-0.1, -0.05) is 18.2 Å². The third kappa shape index (κ3) is 4.65. The van der Waals surface area contributed by atoms with Gasteiger partial charge in [0, 0.05) is 5.56 Å². The van der Waals surface area contributed by atoms with Gasteiger partial charge in [-0.25, -0.2) is 9.59 Å². The van der Waals surface area contributed by atoms with Gasteiger partial charge in [-0.05, 0) is 12.1 Å². The second kappa shape index (κ2) is 6.11. The van der Waals surface area contributed by atoms with Gasteiger partial charge in [0.05, 0.1) is 0 Å². The van der Waals surface area contributed by atoms with Gasteiger partial charge in [0.15, 0.2) is 0 Å². The molecule has 0 atom stereocenters. The number of primary amides is 1. The minimum absolute atomic E-state index is 0.367. The average molecular weight is 237 g/mol. The maximum Gasteiger partial charge on any atom is 0.351 e. The second-order valence-corrected chi connectivity index (χ2v) is 2.99. The molecule has 0 aromatic heterocycles. The maximum absolute atomic E-state index is 11.5. The molecule has 0 radical (unpaired) electrons. The zero-order chi connectivity index (χ0) is 12.7. The number of carbonyl (C=O) groups is 3. The zero-order valence-corrected chi connectivity index (χ0v) is 8.80. The van der Waals surface area contributed by atoms with Crippen LogP contribution in [0.15, 0.2) is 30.3 Å². The predicted molar refractivity (Wildman–Crippen MR) is 57.6 cm³/mol. The lowest BCUT2D eigenvalue weighted by molar-refractivity contribution is -0.147. The second-order valence-electron chi connectivity index (χ2n) is 2.99. The normalized spacial score (nSPS) is 9.18. The first-order valence-corrected chi connectivity index (χ1v) is 4.68. The molecule has 7 heteroatoms. The largest absolute Gasteiger partial charge is 0.351 e. The van der Waals surface area contributed by atoms with Crippen LogP contribution in [0, 0.1) is 0 Å². The van der Waals surface area contributed by atoms with E-state index in [2.05, 4.69) is 15.9 Å². The third-order valence-corrected chi connectivity index (χ3v) is 1.69. The average Bonchev–Trinajstić information content (AvgIpc) is 2.34. The number of carbonyl (C=O) groups excluding carboxylic acids is 3. The smallest absolute Gasteiger partial charge is 0.349 e. The van der Waals surface area contributed by atoms with Crippen molar-refractivity contribution in [3.63, 3.8) is 0 Å². The lowest BCUT2D eigenvalue weighted by atomic mass is 10.2. The monoisotopic (exact) mass is 237 g/mol. The Morgan fingerprint density at radius 2 is 1.82 bits per heavy atom. The molecule has 1 aromatic rings. The minimum atomic E-state index is -0.993. The van der Waals surface area contributed by atoms with Gasteiger partial charge >= 0.3 is 12.0 Å². The Hall–Kier alpha value is -2.57. The van der Waals surface area contributed by atoms with Crippen LogP contribution >= 0.6 is 0 Å². The lowest BCUT2D eigenvalue weighted by Gasteiger charge is -2.05. The highest BCUT2D eigenvalue weighted by Crippen LogP contribution is 1.97. The van der Waals surface area contributed by atoms with Crippen molar-refractivity contribution in [2.75, 3.05) is 6.54 Å². The SMILES string of the molecule is NC(=O)NOC(=O)CNC(=O)c1ccccc1. The summed E-state index contributed by atoms with van der Waals surface area (Å²) in [5, 5.41) is 2.32. The number of hydrogen-bond donors (Lipinski definition) is 3. The van der Waals surface area contributed by atoms with Crippen molar-refractivity contribution in [3.8, 4) is 0 Å². The van der Waals surface area contributed by atoms with E-state index < -0.39 is 17.9 Å². The summed E-state index contributed by atoms with van der Waals surface area (Å²) in [6.07, 6.45) is 0. The summed E-state index contributed by atoms with van der Waals surface area (Å²) in [6.45, 7) is -0.367. The van der Waals surface area contributed by atoms with Crippen LogP contribution in [-0.2, 0) is 9.63 Å². The third-order valence-electron chi connectivity index (χ3n) is 1.69. The van der Waals surface area contributed by atoms with Crippen LogP contribution in [0.4, 0.5) is 4.79 Å². The summed E-state index contributed by atoms with van der Waals surface area (Å²) >= 11 is 0. The highest BCUT2D eigenvalue weighted by Gasteiger charge is 2.08. The summed E-state index contributed by atoms with van der Waals surface area (Å²) in [6, 6.07) is 7.36. The molecule has 90 valence electrons. The molecule has 0 fully saturated rings. The summed E-state index contributed by atoms with van der Waals surface area (Å²) in [4.78, 5) is 36.9. The maximum atomic E-state index is 11.5. The molecule has 0 bridgehead atoms. The number of benzene rings is 1. The Morgan fingerprint density at radius 1 is 1.18 bits per heavy atom. The first-order valence-electron chi connectivity index (χ1n) is 4.68. The Balaban J connectivity index is 2.34. The Bertz CT molecular complexity index is 419. The minimum Gasteiger partial charge on any atom is -0.349 e. The number of rotatable bonds is 3. The molecule has 0 saturated heterocycles. The van der Waals surface area contributed by atoms with Crippen molar-refractivity contribution in [2.45, 2.75) is 0 Å². The summed E-state index contributed by atoms with van der Waals surface area (Å²) < 4.78 is 0. The fourth-order valence-electron chi connectivity index (χ4n) is 0.987. The predicted octanol–water partition coefficient (Wildman–Crippen LogP) is -0.457. The Morgan fingerprint density at radius 3 is 2.41 bits per heavy atom. The van der Waals surface area contributed by atoms with Crippen LogP contribution in [-0.4, -0.2) is 24.5 Å². The van der Waals surface area contributed by atoms with Crippen molar-refractivity contribution in [1.82, 2.24) is 10.8 Å². The van der Waals surface area contributed by atoms with Gasteiger partial charge < -0.3 is 15.9 Å². The van der Waals surface area contributed by atoms with Crippen LogP contribution in [0.1, 0.15) is 10.4 Å². The summed E-state index contributed by atoms with van der Waals surface area (Å²) in [5.74, 6) is -1.24. The molecular formula is C10H11N3O4. The van der Waals surface area contributed by atoms with Crippen LogP contribution < -0.4 is 16.5 Å². The Kier molecular flexibility index (Phi) is 4.49. The standard InChI is InChI=1S/C10H11N3O4/c11-10(16)13-17-8(14)6-12-9(15)7-4-2-1-3-5-7/h1-5H,6H2,(H,12,15)(H3,11,13,16). The van der Waals surface area contributed by atoms with Gasteiger partial charge in [-0.2, -0.15) is 5.48 Å². The molecule has 1 rings (SSSR count). The fourth-order valence-corrected chi connectivity index (χ4v) is 0.987. The van der Waals surface area contributed by atoms with Crippen molar-refractivity contribution < 1.29 is 19.2 Å². The first-order chi connectivity index (χ1) is 8.09. The van der Waals surface area contributed by atoms with Crippen molar-refractivity contribution >= 4 is 17.9 Å². The number of nitrogens with one attached hydrogen (secondary N) is 2. The van der Waals surface area contributed by atoms with Gasteiger partial charge in [0.1, 0.15) is 6.54 Å². The van der Waals surface area contributed by atoms with Gasteiger partial charge in [0.25, 0.3) is 5.91 Å². The summed E-state index contributed by atoms with van der Waals surface area (Å²) in [7, 11) is 0. The fraction of sp³-hybridized carbons (Fsp3) is 0.100. The van der Waals surface area contributed by atoms with E-state index in [0.717, 1.165) is 0 Å². The van der Waals surface area contributed by atoms with E-state index in [-0.39, 0.29) is 6.54 Å². The van der Waals surface area contributed by atoms with E-state index in [4.69, 9.17) is 0 Å². The van der Waals surface area contributed by atoms with Crippen LogP contribution in [0.3, 0.4) is 0 Å². The molecule has 7 nitrogen and oxygen atoms in total. The van der Waals surface area contributed by atoms with Crippen molar-refractivity contribution in [2.24, 2.45) is 5.73 Å². The molecule has 1 aromatic carbocycles. The van der Waals surface area contributed by atoms with E-state index in [9.17, 15) is 14.4 Å². The van der Waals surface area contributed by atoms with Crippen molar-refractivity contribution in [1.29, 1.82) is 0 Å². The first kappa shape index (κ1) is 12.5. The molecule has 4 N–H and O–H groups in total. The molecular weight excluding hydrogens is 226 g/mol. The van der Waals surface area contributed by atoms with E-state index in [1.807, 2.05) is 0 Å². The van der Waals surface area contributed by atoms with Gasteiger partial charge in [-0.15, -0.1) is 0 Å². The van der Waals surface area contributed by atoms with E-state index in [0.29, 0.717) is 5.56 Å². The van der Waals surface area contributed by atoms with Crippen LogP contribution in [0.25, 0.3) is 0 Å². The number of hydroxylamine groups is 1. The van der Waals surface area contributed by atoms with E-state index >= 15 is 0 Å².